The number of nitrogens with zero attached hydrogens (tertiary/aromatic N) is 4. The fourth-order valence-corrected chi connectivity index (χ4v) is 2.82. The standard InChI is InChI=1S/C21H14F3N5O2/c22-21(23,24)31-17-7-5-16(6-8-17)28-20(30)18-4-2-10-26-19(18)29-13-15(12-27-29)14-3-1-9-25-11-14/h1-13H,(H,28,30). The number of hydrogen-bond donors (Lipinski definition) is 1. The summed E-state index contributed by atoms with van der Waals surface area (Å²) in [6.07, 6.45) is 3.46. The number of hydrogen-bond acceptors (Lipinski definition) is 5. The van der Waals surface area contributed by atoms with Gasteiger partial charge in [0.15, 0.2) is 5.82 Å². The molecule has 0 spiro atoms. The highest BCUT2D eigenvalue weighted by Gasteiger charge is 2.31. The molecule has 1 N–H and O–H groups in total. The highest BCUT2D eigenvalue weighted by Crippen LogP contribution is 2.25. The van der Waals surface area contributed by atoms with Crippen LogP contribution in [0.4, 0.5) is 18.9 Å². The zero-order chi connectivity index (χ0) is 21.8. The van der Waals surface area contributed by atoms with E-state index in [0.717, 1.165) is 23.3 Å². The number of anilines is 1. The monoisotopic (exact) mass is 425 g/mol. The van der Waals surface area contributed by atoms with Gasteiger partial charge in [-0.1, -0.05) is 6.07 Å². The Morgan fingerprint density at radius 1 is 0.968 bits per heavy atom. The van der Waals surface area contributed by atoms with Crippen LogP contribution >= 0.6 is 0 Å². The normalized spacial score (nSPS) is 11.2. The summed E-state index contributed by atoms with van der Waals surface area (Å²) in [5.74, 6) is -0.578. The van der Waals surface area contributed by atoms with Crippen LogP contribution in [0, 0.1) is 0 Å². The second-order valence-electron chi connectivity index (χ2n) is 6.32. The quantitative estimate of drug-likeness (QED) is 0.510. The fraction of sp³-hybridized carbons (Fsp3) is 0.0476. The largest absolute Gasteiger partial charge is 0.573 e. The molecule has 0 saturated carbocycles. The Morgan fingerprint density at radius 3 is 2.45 bits per heavy atom. The molecule has 3 aromatic heterocycles. The fourth-order valence-electron chi connectivity index (χ4n) is 2.82. The van der Waals surface area contributed by atoms with Crippen molar-refractivity contribution >= 4 is 11.6 Å². The third-order valence-electron chi connectivity index (χ3n) is 4.17. The van der Waals surface area contributed by atoms with Gasteiger partial charge in [-0.3, -0.25) is 9.78 Å². The van der Waals surface area contributed by atoms with E-state index >= 15 is 0 Å². The Bertz CT molecular complexity index is 1190. The highest BCUT2D eigenvalue weighted by molar-refractivity contribution is 6.06. The zero-order valence-corrected chi connectivity index (χ0v) is 15.7. The molecule has 7 nitrogen and oxygen atoms in total. The van der Waals surface area contributed by atoms with E-state index in [-0.39, 0.29) is 11.3 Å². The molecule has 4 rings (SSSR count). The molecule has 0 saturated heterocycles. The Hall–Kier alpha value is -4.21. The molecule has 4 aromatic rings. The first-order valence-corrected chi connectivity index (χ1v) is 8.97. The van der Waals surface area contributed by atoms with Gasteiger partial charge in [0.05, 0.1) is 11.8 Å². The van der Waals surface area contributed by atoms with Crippen LogP contribution in [0.1, 0.15) is 10.4 Å². The maximum Gasteiger partial charge on any atom is 0.573 e. The van der Waals surface area contributed by atoms with Gasteiger partial charge in [0.25, 0.3) is 5.91 Å². The summed E-state index contributed by atoms with van der Waals surface area (Å²) in [6.45, 7) is 0. The molecule has 0 atom stereocenters. The van der Waals surface area contributed by atoms with Gasteiger partial charge < -0.3 is 10.1 Å². The van der Waals surface area contributed by atoms with Crippen LogP contribution in [0.25, 0.3) is 16.9 Å². The molecule has 0 radical (unpaired) electrons. The molecule has 1 aromatic carbocycles. The molecular weight excluding hydrogens is 411 g/mol. The summed E-state index contributed by atoms with van der Waals surface area (Å²) in [5, 5.41) is 6.91. The van der Waals surface area contributed by atoms with Crippen LogP contribution in [0.2, 0.25) is 0 Å². The minimum Gasteiger partial charge on any atom is -0.406 e. The maximum absolute atomic E-state index is 12.8. The maximum atomic E-state index is 12.8. The van der Waals surface area contributed by atoms with Crippen molar-refractivity contribution in [2.24, 2.45) is 0 Å². The molecule has 0 aliphatic heterocycles. The molecule has 0 unspecified atom stereocenters. The van der Waals surface area contributed by atoms with E-state index in [1.807, 2.05) is 6.07 Å². The number of nitrogens with one attached hydrogen (secondary N) is 1. The van der Waals surface area contributed by atoms with Crippen LogP contribution < -0.4 is 10.1 Å². The van der Waals surface area contributed by atoms with E-state index < -0.39 is 12.3 Å². The Kier molecular flexibility index (Phi) is 5.35. The van der Waals surface area contributed by atoms with E-state index in [1.165, 1.54) is 23.0 Å². The predicted octanol–water partition coefficient (Wildman–Crippen LogP) is 4.48. The number of benzene rings is 1. The van der Waals surface area contributed by atoms with E-state index in [2.05, 4.69) is 25.1 Å². The molecule has 10 heteroatoms. The molecule has 3 heterocycles. The lowest BCUT2D eigenvalue weighted by atomic mass is 10.2. The number of carbonyl (C=O) groups is 1. The number of rotatable bonds is 5. The van der Waals surface area contributed by atoms with Crippen LogP contribution in [0.3, 0.4) is 0 Å². The van der Waals surface area contributed by atoms with Gasteiger partial charge in [-0.25, -0.2) is 9.67 Å². The van der Waals surface area contributed by atoms with Gasteiger partial charge in [0.1, 0.15) is 5.75 Å². The van der Waals surface area contributed by atoms with Crippen molar-refractivity contribution in [1.82, 2.24) is 19.7 Å². The minimum atomic E-state index is -4.78. The lowest BCUT2D eigenvalue weighted by Gasteiger charge is -2.11. The Balaban J connectivity index is 1.55. The highest BCUT2D eigenvalue weighted by atomic mass is 19.4. The van der Waals surface area contributed by atoms with Gasteiger partial charge in [0.2, 0.25) is 0 Å². The number of aromatic nitrogens is 4. The molecule has 0 fully saturated rings. The van der Waals surface area contributed by atoms with Crippen LogP contribution in [0.5, 0.6) is 5.75 Å². The summed E-state index contributed by atoms with van der Waals surface area (Å²) in [4.78, 5) is 21.1. The molecule has 156 valence electrons. The topological polar surface area (TPSA) is 81.9 Å². The Morgan fingerprint density at radius 2 is 1.74 bits per heavy atom. The van der Waals surface area contributed by atoms with Gasteiger partial charge in [-0.15, -0.1) is 13.2 Å². The van der Waals surface area contributed by atoms with Crippen LogP contribution in [0.15, 0.2) is 79.5 Å². The average molecular weight is 425 g/mol. The number of alkyl halides is 3. The molecular formula is C21H14F3N5O2. The summed E-state index contributed by atoms with van der Waals surface area (Å²) >= 11 is 0. The van der Waals surface area contributed by atoms with Crippen LogP contribution in [-0.4, -0.2) is 32.0 Å². The van der Waals surface area contributed by atoms with Gasteiger partial charge in [-0.05, 0) is 42.5 Å². The smallest absolute Gasteiger partial charge is 0.406 e. The zero-order valence-electron chi connectivity index (χ0n) is 15.7. The van der Waals surface area contributed by atoms with Crippen molar-refractivity contribution in [3.63, 3.8) is 0 Å². The molecule has 31 heavy (non-hydrogen) atoms. The first kappa shape index (κ1) is 20.1. The van der Waals surface area contributed by atoms with Crippen molar-refractivity contribution in [3.05, 3.63) is 85.1 Å². The number of ether oxygens (including phenoxy) is 1. The summed E-state index contributed by atoms with van der Waals surface area (Å²) in [7, 11) is 0. The van der Waals surface area contributed by atoms with Gasteiger partial charge >= 0.3 is 6.36 Å². The lowest BCUT2D eigenvalue weighted by molar-refractivity contribution is -0.274. The number of carbonyl (C=O) groups excluding carboxylic acids is 1. The lowest BCUT2D eigenvalue weighted by Crippen LogP contribution is -2.17. The van der Waals surface area contributed by atoms with Crippen molar-refractivity contribution in [2.45, 2.75) is 6.36 Å². The van der Waals surface area contributed by atoms with E-state index in [4.69, 9.17) is 0 Å². The molecule has 0 aliphatic rings. The van der Waals surface area contributed by atoms with Gasteiger partial charge in [-0.2, -0.15) is 5.10 Å². The van der Waals surface area contributed by atoms with Crippen LogP contribution in [-0.2, 0) is 0 Å². The van der Waals surface area contributed by atoms with E-state index in [0.29, 0.717) is 11.5 Å². The first-order valence-electron chi connectivity index (χ1n) is 8.97. The van der Waals surface area contributed by atoms with E-state index in [1.54, 1.807) is 43.0 Å². The average Bonchev–Trinajstić information content (AvgIpc) is 3.25. The minimum absolute atomic E-state index is 0.235. The summed E-state index contributed by atoms with van der Waals surface area (Å²) in [5.41, 5.74) is 2.19. The second kappa shape index (κ2) is 8.27. The van der Waals surface area contributed by atoms with Crippen molar-refractivity contribution < 1.29 is 22.7 Å². The summed E-state index contributed by atoms with van der Waals surface area (Å²) in [6, 6.07) is 11.7. The first-order chi connectivity index (χ1) is 14.9. The number of halogens is 3. The Labute approximate surface area is 174 Å². The van der Waals surface area contributed by atoms with Crippen molar-refractivity contribution in [2.75, 3.05) is 5.32 Å². The molecule has 0 bridgehead atoms. The predicted molar refractivity (Wildman–Crippen MR) is 106 cm³/mol. The van der Waals surface area contributed by atoms with Crippen molar-refractivity contribution in [3.8, 4) is 22.7 Å². The molecule has 1 amide bonds. The third kappa shape index (κ3) is 4.86. The number of amides is 1. The summed E-state index contributed by atoms with van der Waals surface area (Å²) < 4.78 is 42.1. The third-order valence-corrected chi connectivity index (χ3v) is 4.17. The van der Waals surface area contributed by atoms with Gasteiger partial charge in [0, 0.05) is 41.6 Å². The SMILES string of the molecule is O=C(Nc1ccc(OC(F)(F)F)cc1)c1cccnc1-n1cc(-c2cccnc2)cn1. The number of pyridine rings is 2. The molecule has 0 aliphatic carbocycles. The second-order valence-corrected chi connectivity index (χ2v) is 6.32. The van der Waals surface area contributed by atoms with Crippen molar-refractivity contribution in [1.29, 1.82) is 0 Å². The van der Waals surface area contributed by atoms with E-state index in [9.17, 15) is 18.0 Å².